The van der Waals surface area contributed by atoms with Crippen LogP contribution in [0.2, 0.25) is 0 Å². The number of pyridine rings is 1. The number of hydrogen-bond donors (Lipinski definition) is 2. The van der Waals surface area contributed by atoms with Crippen LogP contribution < -0.4 is 11.1 Å². The van der Waals surface area contributed by atoms with Crippen LogP contribution in [0.4, 0.5) is 10.2 Å². The highest BCUT2D eigenvalue weighted by atomic mass is 32.1. The molecule has 3 aromatic rings. The topological polar surface area (TPSA) is 107 Å². The van der Waals surface area contributed by atoms with Crippen molar-refractivity contribution in [2.24, 2.45) is 5.73 Å². The maximum atomic E-state index is 14.2. The zero-order valence-electron chi connectivity index (χ0n) is 16.0. The number of nitrogens with two attached hydrogens (primary N) is 1. The Morgan fingerprint density at radius 2 is 2.14 bits per heavy atom. The van der Waals surface area contributed by atoms with Crippen molar-refractivity contribution in [3.8, 4) is 10.7 Å². The molecule has 1 aliphatic carbocycles. The van der Waals surface area contributed by atoms with Gasteiger partial charge in [-0.15, -0.1) is 21.5 Å². The summed E-state index contributed by atoms with van der Waals surface area (Å²) in [7, 11) is 0. The third kappa shape index (κ3) is 3.69. The van der Waals surface area contributed by atoms with Gasteiger partial charge in [0.15, 0.2) is 0 Å². The van der Waals surface area contributed by atoms with Gasteiger partial charge in [0.05, 0.1) is 11.4 Å². The van der Waals surface area contributed by atoms with Gasteiger partial charge < -0.3 is 11.1 Å². The normalized spacial score (nSPS) is 15.0. The van der Waals surface area contributed by atoms with Crippen molar-refractivity contribution in [2.75, 3.05) is 11.9 Å². The van der Waals surface area contributed by atoms with E-state index in [1.54, 1.807) is 24.4 Å². The first-order chi connectivity index (χ1) is 14.0. The molecule has 9 heteroatoms. The molecular formula is C20H21FN6OS. The monoisotopic (exact) mass is 412 g/mol. The summed E-state index contributed by atoms with van der Waals surface area (Å²) in [5, 5.41) is 12.3. The lowest BCUT2D eigenvalue weighted by molar-refractivity contribution is 0.100. The molecule has 0 aliphatic heterocycles. The van der Waals surface area contributed by atoms with E-state index in [1.165, 1.54) is 17.4 Å². The molecule has 1 aliphatic rings. The zero-order chi connectivity index (χ0) is 20.4. The van der Waals surface area contributed by atoms with Crippen LogP contribution in [-0.4, -0.2) is 32.6 Å². The van der Waals surface area contributed by atoms with Crippen molar-refractivity contribution in [3.05, 3.63) is 52.5 Å². The lowest BCUT2D eigenvalue weighted by atomic mass is 9.66. The molecule has 4 rings (SSSR count). The van der Waals surface area contributed by atoms with Crippen molar-refractivity contribution in [3.63, 3.8) is 0 Å². The first-order valence-electron chi connectivity index (χ1n) is 9.51. The Bertz CT molecular complexity index is 1030. The van der Waals surface area contributed by atoms with E-state index in [2.05, 4.69) is 25.5 Å². The second-order valence-corrected chi connectivity index (χ2v) is 8.14. The van der Waals surface area contributed by atoms with Gasteiger partial charge in [-0.25, -0.2) is 9.37 Å². The van der Waals surface area contributed by atoms with E-state index in [1.807, 2.05) is 6.92 Å². The van der Waals surface area contributed by atoms with Gasteiger partial charge in [-0.2, -0.15) is 0 Å². The number of rotatable bonds is 7. The number of hydrogen-bond acceptors (Lipinski definition) is 7. The number of aromatic nitrogens is 4. The highest BCUT2D eigenvalue weighted by Gasteiger charge is 2.41. The number of halogens is 1. The van der Waals surface area contributed by atoms with E-state index in [0.717, 1.165) is 19.3 Å². The Kier molecular flexibility index (Phi) is 5.23. The summed E-state index contributed by atoms with van der Waals surface area (Å²) in [5.41, 5.74) is 6.87. The molecule has 0 saturated heterocycles. The first-order valence-corrected chi connectivity index (χ1v) is 10.3. The molecule has 0 radical (unpaired) electrons. The van der Waals surface area contributed by atoms with Crippen LogP contribution in [0, 0.1) is 5.82 Å². The minimum absolute atomic E-state index is 0.267. The van der Waals surface area contributed by atoms with E-state index < -0.39 is 5.91 Å². The number of nitrogens with zero attached hydrogens (tertiary/aromatic N) is 4. The molecule has 0 bridgehead atoms. The highest BCUT2D eigenvalue weighted by Crippen LogP contribution is 2.43. The predicted molar refractivity (Wildman–Crippen MR) is 109 cm³/mol. The summed E-state index contributed by atoms with van der Waals surface area (Å²) in [5.74, 6) is -0.153. The van der Waals surface area contributed by atoms with Gasteiger partial charge in [0.25, 0.3) is 5.91 Å². The number of thiazole rings is 1. The summed E-state index contributed by atoms with van der Waals surface area (Å²) < 4.78 is 14.2. The lowest BCUT2D eigenvalue weighted by Crippen LogP contribution is -2.42. The van der Waals surface area contributed by atoms with Gasteiger partial charge >= 0.3 is 0 Å². The second-order valence-electron chi connectivity index (χ2n) is 7.14. The van der Waals surface area contributed by atoms with Crippen LogP contribution in [0.3, 0.4) is 0 Å². The Morgan fingerprint density at radius 1 is 1.31 bits per heavy atom. The molecule has 0 aromatic carbocycles. The highest BCUT2D eigenvalue weighted by molar-refractivity contribution is 7.17. The number of carbonyl (C=O) groups excluding carboxylic acids is 1. The molecule has 3 aromatic heterocycles. The molecule has 7 nitrogen and oxygen atoms in total. The molecule has 29 heavy (non-hydrogen) atoms. The summed E-state index contributed by atoms with van der Waals surface area (Å²) in [6.45, 7) is 2.46. The second kappa shape index (κ2) is 7.82. The Balaban J connectivity index is 1.49. The van der Waals surface area contributed by atoms with Crippen LogP contribution in [0.1, 0.15) is 47.2 Å². The van der Waals surface area contributed by atoms with Gasteiger partial charge in [0.2, 0.25) is 0 Å². The SMILES string of the molecule is CCc1nc(-c2ccc(NCC3(c4ncccc4F)CCC3)nn2)sc1C(N)=O. The number of anilines is 1. The number of amides is 1. The zero-order valence-corrected chi connectivity index (χ0v) is 16.8. The molecule has 150 valence electrons. The molecular weight excluding hydrogens is 391 g/mol. The maximum absolute atomic E-state index is 14.2. The molecule has 1 amide bonds. The number of carbonyl (C=O) groups is 1. The Hall–Kier alpha value is -2.94. The molecule has 3 heterocycles. The van der Waals surface area contributed by atoms with Gasteiger partial charge in [0.1, 0.15) is 27.2 Å². The minimum Gasteiger partial charge on any atom is -0.368 e. The average molecular weight is 412 g/mol. The summed E-state index contributed by atoms with van der Waals surface area (Å²) in [4.78, 5) is 20.7. The lowest BCUT2D eigenvalue weighted by Gasteiger charge is -2.41. The van der Waals surface area contributed by atoms with Crippen molar-refractivity contribution in [1.29, 1.82) is 0 Å². The van der Waals surface area contributed by atoms with Gasteiger partial charge in [-0.1, -0.05) is 13.3 Å². The molecule has 0 atom stereocenters. The largest absolute Gasteiger partial charge is 0.368 e. The molecule has 0 unspecified atom stereocenters. The van der Waals surface area contributed by atoms with Crippen molar-refractivity contribution in [2.45, 2.75) is 38.0 Å². The van der Waals surface area contributed by atoms with Crippen LogP contribution in [0.15, 0.2) is 30.5 Å². The minimum atomic E-state index is -0.482. The van der Waals surface area contributed by atoms with Crippen LogP contribution in [0.5, 0.6) is 0 Å². The third-order valence-corrected chi connectivity index (χ3v) is 6.45. The Labute approximate surface area is 171 Å². The summed E-state index contributed by atoms with van der Waals surface area (Å²) >= 11 is 1.22. The van der Waals surface area contributed by atoms with E-state index in [-0.39, 0.29) is 11.2 Å². The van der Waals surface area contributed by atoms with E-state index in [0.29, 0.717) is 45.7 Å². The average Bonchev–Trinajstić information content (AvgIpc) is 3.14. The van der Waals surface area contributed by atoms with Crippen LogP contribution in [-0.2, 0) is 11.8 Å². The van der Waals surface area contributed by atoms with Crippen LogP contribution in [0.25, 0.3) is 10.7 Å². The first kappa shape index (κ1) is 19.4. The fourth-order valence-electron chi connectivity index (χ4n) is 3.57. The van der Waals surface area contributed by atoms with Gasteiger partial charge in [-0.3, -0.25) is 9.78 Å². The number of nitrogens with one attached hydrogen (secondary N) is 1. The summed E-state index contributed by atoms with van der Waals surface area (Å²) in [6.07, 6.45) is 5.07. The number of aryl methyl sites for hydroxylation is 1. The van der Waals surface area contributed by atoms with Crippen molar-refractivity contribution in [1.82, 2.24) is 20.2 Å². The van der Waals surface area contributed by atoms with Gasteiger partial charge in [0, 0.05) is 18.2 Å². The Morgan fingerprint density at radius 3 is 2.69 bits per heavy atom. The fraction of sp³-hybridized carbons (Fsp3) is 0.350. The van der Waals surface area contributed by atoms with E-state index >= 15 is 0 Å². The number of primary amides is 1. The van der Waals surface area contributed by atoms with E-state index in [9.17, 15) is 9.18 Å². The van der Waals surface area contributed by atoms with E-state index in [4.69, 9.17) is 5.73 Å². The quantitative estimate of drug-likeness (QED) is 0.616. The maximum Gasteiger partial charge on any atom is 0.260 e. The molecule has 0 spiro atoms. The van der Waals surface area contributed by atoms with Crippen molar-refractivity contribution >= 4 is 23.1 Å². The molecule has 1 fully saturated rings. The smallest absolute Gasteiger partial charge is 0.260 e. The summed E-state index contributed by atoms with van der Waals surface area (Å²) in [6, 6.07) is 6.67. The standard InChI is InChI=1S/C20H21FN6OS/c1-2-13-16(18(22)28)29-19(25-13)14-6-7-15(27-26-14)24-11-20(8-4-9-20)17-12(21)5-3-10-23-17/h3,5-7,10H,2,4,8-9,11H2,1H3,(H2,22,28)(H,24,27). The van der Waals surface area contributed by atoms with Crippen molar-refractivity contribution < 1.29 is 9.18 Å². The molecule has 1 saturated carbocycles. The fourth-order valence-corrected chi connectivity index (χ4v) is 4.54. The predicted octanol–water partition coefficient (Wildman–Crippen LogP) is 3.33. The van der Waals surface area contributed by atoms with Crippen LogP contribution >= 0.6 is 11.3 Å². The van der Waals surface area contributed by atoms with Gasteiger partial charge in [-0.05, 0) is 43.5 Å². The third-order valence-electron chi connectivity index (χ3n) is 5.32. The molecule has 3 N–H and O–H groups in total.